The summed E-state index contributed by atoms with van der Waals surface area (Å²) < 4.78 is 40.3. The van der Waals surface area contributed by atoms with Crippen LogP contribution in [0.15, 0.2) is 12.3 Å². The molecule has 1 aromatic heterocycles. The van der Waals surface area contributed by atoms with E-state index in [9.17, 15) is 18.4 Å². The van der Waals surface area contributed by atoms with E-state index in [-0.39, 0.29) is 41.3 Å². The molecule has 5 fully saturated rings. The Morgan fingerprint density at radius 3 is 2.65 bits per heavy atom. The Kier molecular flexibility index (Phi) is 6.75. The number of pyridine rings is 1. The molecule has 37 heavy (non-hydrogen) atoms. The van der Waals surface area contributed by atoms with Gasteiger partial charge < -0.3 is 24.8 Å². The topological polar surface area (TPSA) is 92.8 Å². The van der Waals surface area contributed by atoms with E-state index >= 15 is 0 Å². The number of amides is 2. The number of nitrogens with zero attached hydrogens (tertiary/aromatic N) is 2. The molecule has 6 rings (SSSR count). The van der Waals surface area contributed by atoms with Crippen molar-refractivity contribution < 1.29 is 27.7 Å². The van der Waals surface area contributed by atoms with Crippen molar-refractivity contribution in [3.63, 3.8) is 0 Å². The Bertz CT molecular complexity index is 1080. The first kappa shape index (κ1) is 26.3. The number of hydrogen-bond acceptors (Lipinski definition) is 6. The van der Waals surface area contributed by atoms with E-state index in [2.05, 4.69) is 50.2 Å². The lowest BCUT2D eigenvalue weighted by Crippen LogP contribution is -2.65. The number of carbonyl (C=O) groups excluding carboxylic acids is 2. The van der Waals surface area contributed by atoms with Gasteiger partial charge in [-0.2, -0.15) is 0 Å². The van der Waals surface area contributed by atoms with Gasteiger partial charge in [0, 0.05) is 12.6 Å². The summed E-state index contributed by atoms with van der Waals surface area (Å²) in [6.07, 6.45) is 4.23. The van der Waals surface area contributed by atoms with E-state index in [1.54, 1.807) is 0 Å². The molecule has 2 bridgehead atoms. The molecule has 0 radical (unpaired) electrons. The molecule has 2 aliphatic heterocycles. The van der Waals surface area contributed by atoms with E-state index in [0.29, 0.717) is 37.1 Å². The largest absolute Gasteiger partial charge is 0.481 e. The summed E-state index contributed by atoms with van der Waals surface area (Å²) in [5.74, 6) is -1.39. The summed E-state index contributed by atoms with van der Waals surface area (Å²) in [5.41, 5.74) is -0.138. The average molecular weight is 518 g/mol. The van der Waals surface area contributed by atoms with Crippen LogP contribution in [0.25, 0.3) is 0 Å². The molecular weight excluding hydrogens is 481 g/mol. The summed E-state index contributed by atoms with van der Waals surface area (Å²) in [4.78, 5) is 30.8. The molecule has 3 aliphatic carbocycles. The lowest BCUT2D eigenvalue weighted by atomic mass is 9.43. The van der Waals surface area contributed by atoms with Crippen LogP contribution >= 0.6 is 0 Å². The summed E-state index contributed by atoms with van der Waals surface area (Å²) in [7, 11) is -0.540. The van der Waals surface area contributed by atoms with Crippen LogP contribution in [0.4, 0.5) is 14.6 Å². The first-order valence-corrected chi connectivity index (χ1v) is 13.4. The maximum absolute atomic E-state index is 14.1. The van der Waals surface area contributed by atoms with Gasteiger partial charge in [0.25, 0.3) is 0 Å². The van der Waals surface area contributed by atoms with Gasteiger partial charge in [-0.05, 0) is 55.8 Å². The fourth-order valence-corrected chi connectivity index (χ4v) is 6.89. The summed E-state index contributed by atoms with van der Waals surface area (Å²) in [5, 5.41) is 5.67. The van der Waals surface area contributed by atoms with Gasteiger partial charge >= 0.3 is 7.12 Å². The summed E-state index contributed by atoms with van der Waals surface area (Å²) >= 11 is 0. The predicted octanol–water partition coefficient (Wildman–Crippen LogP) is 2.85. The van der Waals surface area contributed by atoms with Crippen LogP contribution < -0.4 is 15.5 Å². The molecule has 2 N–H and O–H groups in total. The quantitative estimate of drug-likeness (QED) is 0.515. The summed E-state index contributed by atoms with van der Waals surface area (Å²) in [6.45, 7) is 11.1. The van der Waals surface area contributed by atoms with Crippen molar-refractivity contribution in [2.45, 2.75) is 84.0 Å². The molecule has 3 heterocycles. The number of anilines is 1. The normalized spacial score (nSPS) is 32.3. The van der Waals surface area contributed by atoms with Gasteiger partial charge in [-0.3, -0.25) is 9.59 Å². The molecule has 0 aromatic carbocycles. The Hall–Kier alpha value is -2.27. The minimum Gasteiger partial charge on any atom is -0.404 e. The maximum Gasteiger partial charge on any atom is 0.481 e. The molecular formula is C26H37BF2N4O4. The van der Waals surface area contributed by atoms with Gasteiger partial charge in [0.15, 0.2) is 11.6 Å². The highest BCUT2D eigenvalue weighted by Crippen LogP contribution is 2.65. The van der Waals surface area contributed by atoms with Crippen molar-refractivity contribution in [1.29, 1.82) is 0 Å². The van der Waals surface area contributed by atoms with Crippen LogP contribution in [-0.2, 0) is 18.9 Å². The SMILES string of the molecule is CC(C)C[C@H](NC(=O)CNC(=O)[C@@H]1CCN1c1ncc(F)cc1F)B1OC2C[C@@H]3C[C@@H](C3(C)C)[C@]2(C)O1. The highest BCUT2D eigenvalue weighted by Gasteiger charge is 2.68. The van der Waals surface area contributed by atoms with E-state index in [4.69, 9.17) is 9.31 Å². The van der Waals surface area contributed by atoms with Crippen LogP contribution in [0, 0.1) is 34.8 Å². The van der Waals surface area contributed by atoms with Crippen molar-refractivity contribution >= 4 is 24.8 Å². The molecule has 2 saturated heterocycles. The number of hydrogen-bond donors (Lipinski definition) is 2. The Morgan fingerprint density at radius 2 is 2.03 bits per heavy atom. The van der Waals surface area contributed by atoms with Crippen molar-refractivity contribution in [2.24, 2.45) is 23.2 Å². The Labute approximate surface area is 217 Å². The number of halogens is 2. The Balaban J connectivity index is 1.17. The fourth-order valence-electron chi connectivity index (χ4n) is 6.89. The zero-order valence-electron chi connectivity index (χ0n) is 22.2. The first-order valence-electron chi connectivity index (χ1n) is 13.4. The second-order valence-corrected chi connectivity index (χ2v) is 12.3. The zero-order chi connectivity index (χ0) is 26.7. The van der Waals surface area contributed by atoms with E-state index < -0.39 is 30.7 Å². The lowest BCUT2D eigenvalue weighted by molar-refractivity contribution is -0.199. The average Bonchev–Trinajstić information content (AvgIpc) is 3.15. The van der Waals surface area contributed by atoms with Crippen molar-refractivity contribution in [3.05, 3.63) is 23.9 Å². The molecule has 0 spiro atoms. The zero-order valence-corrected chi connectivity index (χ0v) is 22.2. The monoisotopic (exact) mass is 518 g/mol. The number of carbonyl (C=O) groups is 2. The maximum atomic E-state index is 14.1. The van der Waals surface area contributed by atoms with Gasteiger partial charge in [0.2, 0.25) is 11.8 Å². The van der Waals surface area contributed by atoms with E-state index in [1.165, 1.54) is 4.90 Å². The van der Waals surface area contributed by atoms with Gasteiger partial charge in [0.1, 0.15) is 11.9 Å². The van der Waals surface area contributed by atoms with Crippen molar-refractivity contribution in [2.75, 3.05) is 18.0 Å². The third kappa shape index (κ3) is 4.62. The second kappa shape index (κ2) is 9.49. The van der Waals surface area contributed by atoms with Crippen LogP contribution in [-0.4, -0.2) is 60.7 Å². The first-order chi connectivity index (χ1) is 17.4. The van der Waals surface area contributed by atoms with Gasteiger partial charge in [-0.25, -0.2) is 13.8 Å². The second-order valence-electron chi connectivity index (χ2n) is 12.3. The number of nitrogens with one attached hydrogen (secondary N) is 2. The van der Waals surface area contributed by atoms with Gasteiger partial charge in [0.05, 0.1) is 30.4 Å². The van der Waals surface area contributed by atoms with Crippen LogP contribution in [0.2, 0.25) is 0 Å². The lowest BCUT2D eigenvalue weighted by Gasteiger charge is -2.64. The molecule has 1 unspecified atom stereocenters. The number of rotatable bonds is 8. The van der Waals surface area contributed by atoms with Crippen LogP contribution in [0.1, 0.15) is 60.3 Å². The predicted molar refractivity (Wildman–Crippen MR) is 134 cm³/mol. The molecule has 11 heteroatoms. The van der Waals surface area contributed by atoms with Gasteiger partial charge in [-0.1, -0.05) is 27.7 Å². The van der Waals surface area contributed by atoms with Crippen molar-refractivity contribution in [1.82, 2.24) is 15.6 Å². The summed E-state index contributed by atoms with van der Waals surface area (Å²) in [6, 6.07) is 0.0811. The molecule has 5 aliphatic rings. The van der Waals surface area contributed by atoms with Crippen molar-refractivity contribution in [3.8, 4) is 0 Å². The molecule has 8 nitrogen and oxygen atoms in total. The number of aromatic nitrogens is 1. The minimum atomic E-state index is -0.821. The highest BCUT2D eigenvalue weighted by atomic mass is 19.1. The minimum absolute atomic E-state index is 0.0191. The smallest absolute Gasteiger partial charge is 0.404 e. The fraction of sp³-hybridized carbons (Fsp3) is 0.731. The van der Waals surface area contributed by atoms with Crippen LogP contribution in [0.3, 0.4) is 0 Å². The molecule has 1 aromatic rings. The molecule has 3 saturated carbocycles. The third-order valence-corrected chi connectivity index (χ3v) is 9.18. The molecule has 202 valence electrons. The van der Waals surface area contributed by atoms with E-state index in [1.807, 2.05) is 0 Å². The van der Waals surface area contributed by atoms with Crippen LogP contribution in [0.5, 0.6) is 0 Å². The standard InChI is InChI=1S/C26H37BF2N4O4/c1-14(2)8-21(27-36-20-10-15-9-19(25(15,3)4)26(20,5)37-27)32-22(34)13-31-24(35)18-6-7-33(18)23-17(29)11-16(28)12-30-23/h11-12,14-15,18-21H,6-10,13H2,1-5H3,(H,31,35)(H,32,34)/t15-,18-,19-,20?,21-,26-/m0/s1. The highest BCUT2D eigenvalue weighted by molar-refractivity contribution is 6.47. The third-order valence-electron chi connectivity index (χ3n) is 9.18. The van der Waals surface area contributed by atoms with Gasteiger partial charge in [-0.15, -0.1) is 0 Å². The molecule has 2 amide bonds. The van der Waals surface area contributed by atoms with E-state index in [0.717, 1.165) is 25.1 Å². The Morgan fingerprint density at radius 1 is 1.27 bits per heavy atom. The molecule has 6 atom stereocenters.